The average Bonchev–Trinajstić information content (AvgIpc) is 3.91. The van der Waals surface area contributed by atoms with E-state index in [2.05, 4.69) is 20.5 Å². The monoisotopic (exact) mass is 816 g/mol. The van der Waals surface area contributed by atoms with Crippen LogP contribution in [0.2, 0.25) is 5.02 Å². The summed E-state index contributed by atoms with van der Waals surface area (Å²) in [4.78, 5) is 61.6. The molecule has 0 saturated carbocycles. The topological polar surface area (TPSA) is 162 Å². The minimum atomic E-state index is -4.82. The number of nitrogens with one attached hydrogen (secondary N) is 1. The number of hydrogen-bond donors (Lipinski definition) is 1. The molecule has 0 unspecified atom stereocenters. The van der Waals surface area contributed by atoms with Gasteiger partial charge in [0, 0.05) is 71.2 Å². The SMILES string of the molecule is COCCn1cc(-n2cc(-c3cnc(C(=O)Nc4ccc(C(=O)N5CCN(C(=O)C6CCN(C(=O)OC(C)(C)C)CC6)CC5)c(Cl)c4)n3C)c(C(F)(F)F)n2)cn1. The lowest BCUT2D eigenvalue weighted by atomic mass is 9.95. The van der Waals surface area contributed by atoms with Crippen LogP contribution in [0.1, 0.15) is 60.3 Å². The zero-order valence-corrected chi connectivity index (χ0v) is 32.9. The van der Waals surface area contributed by atoms with Crippen molar-refractivity contribution in [2.45, 2.75) is 51.9 Å². The maximum absolute atomic E-state index is 14.2. The third-order valence-corrected chi connectivity index (χ3v) is 10.0. The van der Waals surface area contributed by atoms with Crippen molar-refractivity contribution in [1.82, 2.24) is 43.8 Å². The number of carbonyl (C=O) groups is 4. The molecule has 0 spiro atoms. The lowest BCUT2D eigenvalue weighted by Crippen LogP contribution is -2.53. The quantitative estimate of drug-likeness (QED) is 0.246. The Morgan fingerprint density at radius 3 is 2.26 bits per heavy atom. The molecule has 0 radical (unpaired) electrons. The number of amides is 4. The van der Waals surface area contributed by atoms with Crippen LogP contribution in [-0.2, 0) is 34.0 Å². The number of piperazine rings is 1. The molecule has 4 amide bonds. The first-order chi connectivity index (χ1) is 26.9. The Morgan fingerprint density at radius 1 is 0.947 bits per heavy atom. The van der Waals surface area contributed by atoms with E-state index in [1.807, 2.05) is 20.8 Å². The van der Waals surface area contributed by atoms with Gasteiger partial charge in [0.2, 0.25) is 5.91 Å². The van der Waals surface area contributed by atoms with Crippen molar-refractivity contribution in [3.63, 3.8) is 0 Å². The predicted octanol–water partition coefficient (Wildman–Crippen LogP) is 4.97. The van der Waals surface area contributed by atoms with E-state index in [4.69, 9.17) is 21.1 Å². The number of carbonyl (C=O) groups excluding carboxylic acids is 4. The van der Waals surface area contributed by atoms with Gasteiger partial charge in [0.15, 0.2) is 11.5 Å². The van der Waals surface area contributed by atoms with E-state index in [0.717, 1.165) is 10.9 Å². The number of halogens is 4. The predicted molar refractivity (Wildman–Crippen MR) is 201 cm³/mol. The molecule has 4 aromatic rings. The molecule has 1 aromatic carbocycles. The second-order valence-corrected chi connectivity index (χ2v) is 15.2. The van der Waals surface area contributed by atoms with Gasteiger partial charge in [-0.15, -0.1) is 0 Å². The van der Waals surface area contributed by atoms with Gasteiger partial charge in [0.05, 0.1) is 53.6 Å². The molecule has 57 heavy (non-hydrogen) atoms. The molecule has 0 aliphatic carbocycles. The van der Waals surface area contributed by atoms with Gasteiger partial charge in [-0.1, -0.05) is 11.6 Å². The normalized spacial score (nSPS) is 15.6. The van der Waals surface area contributed by atoms with Crippen LogP contribution < -0.4 is 5.32 Å². The van der Waals surface area contributed by atoms with E-state index in [-0.39, 0.29) is 57.2 Å². The molecule has 3 aromatic heterocycles. The summed E-state index contributed by atoms with van der Waals surface area (Å²) < 4.78 is 56.8. The Hall–Kier alpha value is -5.43. The van der Waals surface area contributed by atoms with E-state index in [1.54, 1.807) is 14.7 Å². The van der Waals surface area contributed by atoms with Gasteiger partial charge < -0.3 is 34.1 Å². The number of benzene rings is 1. The second kappa shape index (κ2) is 16.6. The number of rotatable bonds is 9. The van der Waals surface area contributed by atoms with Crippen molar-refractivity contribution >= 4 is 41.1 Å². The van der Waals surface area contributed by atoms with Crippen LogP contribution in [0.25, 0.3) is 16.9 Å². The molecule has 1 N–H and O–H groups in total. The molecule has 2 saturated heterocycles. The Bertz CT molecular complexity index is 2130. The minimum Gasteiger partial charge on any atom is -0.444 e. The smallest absolute Gasteiger partial charge is 0.435 e. The van der Waals surface area contributed by atoms with Crippen molar-refractivity contribution in [2.75, 3.05) is 58.3 Å². The Balaban J connectivity index is 1.06. The molecular formula is C37H44ClF3N10O6. The third-order valence-electron chi connectivity index (χ3n) is 9.69. The second-order valence-electron chi connectivity index (χ2n) is 14.8. The average molecular weight is 817 g/mol. The molecule has 6 rings (SSSR count). The summed E-state index contributed by atoms with van der Waals surface area (Å²) in [6.45, 7) is 8.33. The van der Waals surface area contributed by atoms with Crippen LogP contribution in [0.4, 0.5) is 23.7 Å². The van der Waals surface area contributed by atoms with Gasteiger partial charge in [0.25, 0.3) is 11.8 Å². The van der Waals surface area contributed by atoms with E-state index in [9.17, 15) is 32.3 Å². The maximum Gasteiger partial charge on any atom is 0.435 e. The number of piperidine rings is 1. The first kappa shape index (κ1) is 41.2. The maximum atomic E-state index is 14.2. The first-order valence-electron chi connectivity index (χ1n) is 18.3. The molecule has 0 atom stereocenters. The highest BCUT2D eigenvalue weighted by Crippen LogP contribution is 2.37. The molecule has 5 heterocycles. The molecule has 2 fully saturated rings. The number of aromatic nitrogens is 6. The molecule has 0 bridgehead atoms. The van der Waals surface area contributed by atoms with Crippen LogP contribution in [0, 0.1) is 5.92 Å². The van der Waals surface area contributed by atoms with Crippen molar-refractivity contribution in [1.29, 1.82) is 0 Å². The van der Waals surface area contributed by atoms with Gasteiger partial charge in [-0.2, -0.15) is 23.4 Å². The van der Waals surface area contributed by atoms with E-state index in [0.29, 0.717) is 70.9 Å². The van der Waals surface area contributed by atoms with Gasteiger partial charge >= 0.3 is 12.3 Å². The zero-order chi connectivity index (χ0) is 41.2. The highest BCUT2D eigenvalue weighted by atomic mass is 35.5. The summed E-state index contributed by atoms with van der Waals surface area (Å²) in [5, 5.41) is 10.6. The van der Waals surface area contributed by atoms with Crippen LogP contribution in [0.15, 0.2) is 43.0 Å². The van der Waals surface area contributed by atoms with Gasteiger partial charge in [-0.3, -0.25) is 19.1 Å². The van der Waals surface area contributed by atoms with Crippen molar-refractivity contribution in [3.8, 4) is 16.9 Å². The summed E-state index contributed by atoms with van der Waals surface area (Å²) in [6, 6.07) is 4.36. The summed E-state index contributed by atoms with van der Waals surface area (Å²) in [5.41, 5.74) is -1.34. The largest absolute Gasteiger partial charge is 0.444 e. The Morgan fingerprint density at radius 2 is 1.63 bits per heavy atom. The van der Waals surface area contributed by atoms with Gasteiger partial charge in [0.1, 0.15) is 11.3 Å². The number of nitrogens with zero attached hydrogens (tertiary/aromatic N) is 9. The number of imidazole rings is 1. The molecule has 306 valence electrons. The highest BCUT2D eigenvalue weighted by molar-refractivity contribution is 6.34. The van der Waals surface area contributed by atoms with E-state index >= 15 is 0 Å². The van der Waals surface area contributed by atoms with Gasteiger partial charge in [-0.25, -0.2) is 14.5 Å². The Labute approximate surface area is 331 Å². The van der Waals surface area contributed by atoms with Crippen molar-refractivity contribution in [2.24, 2.45) is 13.0 Å². The first-order valence-corrected chi connectivity index (χ1v) is 18.7. The van der Waals surface area contributed by atoms with Crippen LogP contribution in [0.5, 0.6) is 0 Å². The van der Waals surface area contributed by atoms with E-state index < -0.39 is 23.4 Å². The summed E-state index contributed by atoms with van der Waals surface area (Å²) in [5.74, 6) is -1.47. The number of alkyl halides is 3. The molecule has 20 heteroatoms. The third kappa shape index (κ3) is 9.41. The molecule has 2 aliphatic heterocycles. The van der Waals surface area contributed by atoms with Crippen LogP contribution in [0.3, 0.4) is 0 Å². The lowest BCUT2D eigenvalue weighted by molar-refractivity contribution is -0.141. The molecular weight excluding hydrogens is 773 g/mol. The molecule has 2 aliphatic rings. The lowest BCUT2D eigenvalue weighted by Gasteiger charge is -2.38. The summed E-state index contributed by atoms with van der Waals surface area (Å²) >= 11 is 6.53. The highest BCUT2D eigenvalue weighted by Gasteiger charge is 2.39. The van der Waals surface area contributed by atoms with Crippen LogP contribution in [-0.4, -0.2) is 126 Å². The number of anilines is 1. The standard InChI is InChI=1S/C37H44ClF3N10O6/c1-36(2,3)57-35(55)49-10-8-23(9-11-49)33(53)47-12-14-48(15-13-47)34(54)26-7-6-24(18-28(26)38)44-32(52)31-42-20-29(46(31)4)27-22-51(45-30(27)37(39,40)41)25-19-43-50(21-25)16-17-56-5/h6-7,18-23H,8-17H2,1-5H3,(H,44,52). The van der Waals surface area contributed by atoms with Crippen LogP contribution >= 0.6 is 11.6 Å². The van der Waals surface area contributed by atoms with Crippen molar-refractivity contribution in [3.05, 3.63) is 65.1 Å². The Kier molecular flexibility index (Phi) is 12.0. The number of methoxy groups -OCH3 is 1. The zero-order valence-electron chi connectivity index (χ0n) is 32.2. The van der Waals surface area contributed by atoms with Crippen molar-refractivity contribution < 1.29 is 41.8 Å². The number of ether oxygens (including phenoxy) is 2. The van der Waals surface area contributed by atoms with Gasteiger partial charge in [-0.05, 0) is 51.8 Å². The number of hydrogen-bond acceptors (Lipinski definition) is 9. The summed E-state index contributed by atoms with van der Waals surface area (Å²) in [6.07, 6.45) is 1.14. The fourth-order valence-electron chi connectivity index (χ4n) is 6.70. The fourth-order valence-corrected chi connectivity index (χ4v) is 6.96. The molecule has 16 nitrogen and oxygen atoms in total. The summed E-state index contributed by atoms with van der Waals surface area (Å²) in [7, 11) is 2.94. The van der Waals surface area contributed by atoms with E-state index in [1.165, 1.54) is 60.2 Å². The fraction of sp³-hybridized carbons (Fsp3) is 0.486. The minimum absolute atomic E-state index is 0.00180. The number of likely N-dealkylation sites (tertiary alicyclic amines) is 1.